The van der Waals surface area contributed by atoms with Gasteiger partial charge >= 0.3 is 11.8 Å². The first-order chi connectivity index (χ1) is 17.9. The molecule has 0 bridgehead atoms. The zero-order valence-electron chi connectivity index (χ0n) is 21.0. The van der Waals surface area contributed by atoms with Crippen LogP contribution in [0.4, 0.5) is 5.82 Å². The minimum Gasteiger partial charge on any atom is -0.463 e. The van der Waals surface area contributed by atoms with Gasteiger partial charge in [-0.2, -0.15) is 5.26 Å². The molecule has 0 saturated carbocycles. The van der Waals surface area contributed by atoms with Gasteiger partial charge in [0, 0.05) is 44.7 Å². The second kappa shape index (κ2) is 10.1. The SMILES string of the molecule is CC1(C)Cc2c(C#N)c(N3CCN(C(=O)C(=O)NCc4ccccc4)CC3)nc(-c3ccco3)c2CO1. The molecular weight excluding hydrogens is 470 g/mol. The average molecular weight is 500 g/mol. The van der Waals surface area contributed by atoms with E-state index >= 15 is 0 Å². The Labute approximate surface area is 215 Å². The van der Waals surface area contributed by atoms with Crippen LogP contribution >= 0.6 is 0 Å². The van der Waals surface area contributed by atoms with Crippen molar-refractivity contribution in [2.45, 2.75) is 39.0 Å². The number of piperazine rings is 1. The average Bonchev–Trinajstić information content (AvgIpc) is 3.45. The highest BCUT2D eigenvalue weighted by atomic mass is 16.5. The van der Waals surface area contributed by atoms with Crippen LogP contribution in [0.1, 0.15) is 36.1 Å². The lowest BCUT2D eigenvalue weighted by molar-refractivity contribution is -0.146. The highest BCUT2D eigenvalue weighted by molar-refractivity contribution is 6.35. The number of nitrogens with one attached hydrogen (secondary N) is 1. The molecule has 1 fully saturated rings. The summed E-state index contributed by atoms with van der Waals surface area (Å²) in [5, 5.41) is 12.9. The van der Waals surface area contributed by atoms with Crippen molar-refractivity contribution in [1.29, 1.82) is 5.26 Å². The third-order valence-electron chi connectivity index (χ3n) is 6.83. The van der Waals surface area contributed by atoms with Gasteiger partial charge in [-0.15, -0.1) is 0 Å². The van der Waals surface area contributed by atoms with Crippen LogP contribution in [0, 0.1) is 11.3 Å². The van der Waals surface area contributed by atoms with E-state index in [1.54, 1.807) is 11.2 Å². The maximum atomic E-state index is 12.8. The molecule has 3 aromatic rings. The van der Waals surface area contributed by atoms with E-state index in [9.17, 15) is 14.9 Å². The lowest BCUT2D eigenvalue weighted by Crippen LogP contribution is -2.53. The number of aromatic nitrogens is 1. The van der Waals surface area contributed by atoms with E-state index in [1.807, 2.05) is 61.2 Å². The summed E-state index contributed by atoms with van der Waals surface area (Å²) in [7, 11) is 0. The Hall–Kier alpha value is -4.16. The molecule has 1 N–H and O–H groups in total. The number of furan rings is 1. The number of anilines is 1. The molecule has 4 heterocycles. The number of hydrogen-bond donors (Lipinski definition) is 1. The quantitative estimate of drug-likeness (QED) is 0.549. The van der Waals surface area contributed by atoms with E-state index in [0.29, 0.717) is 68.6 Å². The molecule has 2 amide bonds. The summed E-state index contributed by atoms with van der Waals surface area (Å²) < 4.78 is 11.7. The predicted octanol–water partition coefficient (Wildman–Crippen LogP) is 3.03. The molecule has 9 nitrogen and oxygen atoms in total. The van der Waals surface area contributed by atoms with Crippen molar-refractivity contribution in [1.82, 2.24) is 15.2 Å². The smallest absolute Gasteiger partial charge is 0.312 e. The Morgan fingerprint density at radius 1 is 1.08 bits per heavy atom. The maximum Gasteiger partial charge on any atom is 0.312 e. The molecule has 2 aliphatic rings. The molecular formula is C28H29N5O4. The van der Waals surface area contributed by atoms with Gasteiger partial charge in [-0.05, 0) is 37.1 Å². The fourth-order valence-electron chi connectivity index (χ4n) is 4.84. The minimum atomic E-state index is -0.621. The van der Waals surface area contributed by atoms with Gasteiger partial charge < -0.3 is 24.3 Å². The van der Waals surface area contributed by atoms with Crippen molar-refractivity contribution in [2.24, 2.45) is 0 Å². The fraction of sp³-hybridized carbons (Fsp3) is 0.357. The molecule has 190 valence electrons. The van der Waals surface area contributed by atoms with Crippen molar-refractivity contribution in [3.05, 3.63) is 71.0 Å². The number of pyridine rings is 1. The van der Waals surface area contributed by atoms with E-state index in [0.717, 1.165) is 16.7 Å². The third kappa shape index (κ3) is 5.06. The third-order valence-corrected chi connectivity index (χ3v) is 6.83. The maximum absolute atomic E-state index is 12.8. The monoisotopic (exact) mass is 499 g/mol. The number of benzene rings is 1. The summed E-state index contributed by atoms with van der Waals surface area (Å²) in [6, 6.07) is 15.5. The number of rotatable bonds is 4. The Morgan fingerprint density at radius 3 is 2.51 bits per heavy atom. The second-order valence-corrected chi connectivity index (χ2v) is 9.88. The van der Waals surface area contributed by atoms with Crippen LogP contribution in [-0.2, 0) is 33.9 Å². The van der Waals surface area contributed by atoms with Crippen LogP contribution < -0.4 is 10.2 Å². The molecule has 0 atom stereocenters. The summed E-state index contributed by atoms with van der Waals surface area (Å²) in [6.45, 7) is 6.28. The summed E-state index contributed by atoms with van der Waals surface area (Å²) in [5.74, 6) is 0.0223. The van der Waals surface area contributed by atoms with E-state index in [1.165, 1.54) is 0 Å². The van der Waals surface area contributed by atoms with Crippen LogP contribution in [-0.4, -0.2) is 53.5 Å². The highest BCUT2D eigenvalue weighted by Gasteiger charge is 2.35. The molecule has 0 aliphatic carbocycles. The standard InChI is InChI=1S/C28H29N5O4/c1-28(2)15-20-21(16-29)25(31-24(22(20)18-37-28)23-9-6-14-36-23)32-10-12-33(13-11-32)27(35)26(34)30-17-19-7-4-3-5-8-19/h3-9,14H,10-13,15,17-18H2,1-2H3,(H,30,34). The number of nitrogens with zero attached hydrogens (tertiary/aromatic N) is 4. The fourth-order valence-corrected chi connectivity index (χ4v) is 4.84. The molecule has 0 radical (unpaired) electrons. The van der Waals surface area contributed by atoms with E-state index < -0.39 is 17.4 Å². The van der Waals surface area contributed by atoms with Gasteiger partial charge in [0.15, 0.2) is 5.76 Å². The number of amides is 2. The van der Waals surface area contributed by atoms with Crippen molar-refractivity contribution < 1.29 is 18.7 Å². The Morgan fingerprint density at radius 2 is 1.84 bits per heavy atom. The Kier molecular flexibility index (Phi) is 6.68. The molecule has 2 aliphatic heterocycles. The zero-order valence-corrected chi connectivity index (χ0v) is 21.0. The van der Waals surface area contributed by atoms with Gasteiger partial charge in [0.2, 0.25) is 0 Å². The topological polar surface area (TPSA) is 112 Å². The second-order valence-electron chi connectivity index (χ2n) is 9.88. The first kappa shape index (κ1) is 24.5. The van der Waals surface area contributed by atoms with Crippen LogP contribution in [0.25, 0.3) is 11.5 Å². The van der Waals surface area contributed by atoms with Crippen LogP contribution in [0.15, 0.2) is 53.1 Å². The molecule has 5 rings (SSSR count). The van der Waals surface area contributed by atoms with Crippen molar-refractivity contribution in [3.63, 3.8) is 0 Å². The van der Waals surface area contributed by atoms with Gasteiger partial charge in [0.05, 0.1) is 24.0 Å². The lowest BCUT2D eigenvalue weighted by atomic mass is 9.87. The van der Waals surface area contributed by atoms with Gasteiger partial charge in [-0.3, -0.25) is 9.59 Å². The number of fused-ring (bicyclic) bond motifs is 1. The largest absolute Gasteiger partial charge is 0.463 e. The van der Waals surface area contributed by atoms with E-state index in [-0.39, 0.29) is 0 Å². The van der Waals surface area contributed by atoms with E-state index in [4.69, 9.17) is 14.1 Å². The van der Waals surface area contributed by atoms with Crippen molar-refractivity contribution in [3.8, 4) is 17.5 Å². The lowest BCUT2D eigenvalue weighted by Gasteiger charge is -2.38. The van der Waals surface area contributed by atoms with Crippen molar-refractivity contribution >= 4 is 17.6 Å². The molecule has 0 spiro atoms. The number of nitriles is 1. The summed E-state index contributed by atoms with van der Waals surface area (Å²) >= 11 is 0. The first-order valence-electron chi connectivity index (χ1n) is 12.4. The Bertz CT molecular complexity index is 1340. The molecule has 1 saturated heterocycles. The first-order valence-corrected chi connectivity index (χ1v) is 12.4. The minimum absolute atomic E-state index is 0.297. The predicted molar refractivity (Wildman–Crippen MR) is 136 cm³/mol. The summed E-state index contributed by atoms with van der Waals surface area (Å²) in [6.07, 6.45) is 2.18. The van der Waals surface area contributed by atoms with Crippen molar-refractivity contribution in [2.75, 3.05) is 31.1 Å². The highest BCUT2D eigenvalue weighted by Crippen LogP contribution is 2.39. The molecule has 37 heavy (non-hydrogen) atoms. The van der Waals surface area contributed by atoms with Crippen LogP contribution in [0.2, 0.25) is 0 Å². The number of ether oxygens (including phenoxy) is 1. The van der Waals surface area contributed by atoms with Gasteiger partial charge in [0.1, 0.15) is 17.6 Å². The number of carbonyl (C=O) groups is 2. The number of carbonyl (C=O) groups excluding carboxylic acids is 2. The van der Waals surface area contributed by atoms with Gasteiger partial charge in [0.25, 0.3) is 0 Å². The zero-order chi connectivity index (χ0) is 26.0. The van der Waals surface area contributed by atoms with Gasteiger partial charge in [-0.25, -0.2) is 4.98 Å². The number of hydrogen-bond acceptors (Lipinski definition) is 7. The normalized spacial score (nSPS) is 16.6. The summed E-state index contributed by atoms with van der Waals surface area (Å²) in [5.41, 5.74) is 3.52. The Balaban J connectivity index is 1.34. The van der Waals surface area contributed by atoms with E-state index in [2.05, 4.69) is 11.4 Å². The summed E-state index contributed by atoms with van der Waals surface area (Å²) in [4.78, 5) is 33.7. The molecule has 2 aromatic heterocycles. The molecule has 9 heteroatoms. The van der Waals surface area contributed by atoms with Crippen LogP contribution in [0.5, 0.6) is 0 Å². The van der Waals surface area contributed by atoms with Crippen LogP contribution in [0.3, 0.4) is 0 Å². The molecule has 1 aromatic carbocycles. The molecule has 0 unspecified atom stereocenters. The van der Waals surface area contributed by atoms with Gasteiger partial charge in [-0.1, -0.05) is 30.3 Å².